The molecule has 2 heteroatoms. The molecule has 0 N–H and O–H groups in total. The summed E-state index contributed by atoms with van der Waals surface area (Å²) in [6.45, 7) is 8.96. The van der Waals surface area contributed by atoms with Crippen molar-refractivity contribution in [3.63, 3.8) is 0 Å². The summed E-state index contributed by atoms with van der Waals surface area (Å²) >= 11 is 0.186. The first-order valence-corrected chi connectivity index (χ1v) is 7.36. The molecule has 1 aromatic carbocycles. The monoisotopic (exact) mass is 217 g/mol. The van der Waals surface area contributed by atoms with Gasteiger partial charge in [0.25, 0.3) is 0 Å². The summed E-state index contributed by atoms with van der Waals surface area (Å²) in [6.07, 6.45) is 0. The van der Waals surface area contributed by atoms with Gasteiger partial charge in [-0.15, -0.1) is 0 Å². The van der Waals surface area contributed by atoms with E-state index in [9.17, 15) is 0 Å². The van der Waals surface area contributed by atoms with Gasteiger partial charge in [0.1, 0.15) is 0 Å². The van der Waals surface area contributed by atoms with Crippen molar-refractivity contribution >= 4 is 20.7 Å². The van der Waals surface area contributed by atoms with E-state index in [0.717, 1.165) is 0 Å². The van der Waals surface area contributed by atoms with Gasteiger partial charge in [0, 0.05) is 0 Å². The van der Waals surface area contributed by atoms with Crippen LogP contribution in [0, 0.1) is 0 Å². The van der Waals surface area contributed by atoms with Crippen molar-refractivity contribution in [2.75, 3.05) is 0 Å². The Morgan fingerprint density at radius 1 is 1.00 bits per heavy atom. The van der Waals surface area contributed by atoms with Crippen molar-refractivity contribution in [1.29, 1.82) is 0 Å². The van der Waals surface area contributed by atoms with Crippen LogP contribution >= 0.6 is 0 Å². The molecule has 0 bridgehead atoms. The molecule has 0 aliphatic carbocycles. The molecule has 1 rings (SSSR count). The first kappa shape index (κ1) is 12.6. The topological polar surface area (TPSA) is 12.4 Å². The molecule has 1 aromatic rings. The van der Waals surface area contributed by atoms with Gasteiger partial charge in [-0.2, -0.15) is 0 Å². The molecular formula is C13H20AlN. The summed E-state index contributed by atoms with van der Waals surface area (Å²) in [6, 6.07) is 6.59. The maximum atomic E-state index is 4.73. The van der Waals surface area contributed by atoms with Crippen molar-refractivity contribution in [3.8, 4) is 0 Å². The van der Waals surface area contributed by atoms with E-state index in [-0.39, 0.29) is 15.0 Å². The van der Waals surface area contributed by atoms with Crippen LogP contribution in [0.15, 0.2) is 22.1 Å². The van der Waals surface area contributed by atoms with Crippen LogP contribution in [0.3, 0.4) is 0 Å². The molecule has 0 saturated heterocycles. The fraction of sp³-hybridized carbons (Fsp3) is 0.538. The first-order chi connectivity index (χ1) is 7.07. The minimum absolute atomic E-state index is 0.186. The second-order valence-corrected chi connectivity index (χ2v) is 5.26. The number of hydrogen-bond donors (Lipinski definition) is 0. The number of rotatable bonds is 3. The van der Waals surface area contributed by atoms with E-state index in [1.54, 1.807) is 0 Å². The van der Waals surface area contributed by atoms with Crippen LogP contribution in [0.1, 0.15) is 50.7 Å². The van der Waals surface area contributed by atoms with Crippen LogP contribution in [0.2, 0.25) is 5.79 Å². The molecule has 1 nitrogen and oxygen atoms in total. The van der Waals surface area contributed by atoms with Crippen molar-refractivity contribution in [2.24, 2.45) is 3.93 Å². The van der Waals surface area contributed by atoms with Crippen molar-refractivity contribution in [1.82, 2.24) is 0 Å². The summed E-state index contributed by atoms with van der Waals surface area (Å²) in [5.41, 5.74) is 4.06. The van der Waals surface area contributed by atoms with Gasteiger partial charge in [-0.3, -0.25) is 0 Å². The minimum atomic E-state index is 0.186. The van der Waals surface area contributed by atoms with Crippen molar-refractivity contribution in [2.45, 2.75) is 45.3 Å². The molecule has 0 aliphatic heterocycles. The van der Waals surface area contributed by atoms with Crippen LogP contribution in [-0.2, 0) is 0 Å². The molecule has 80 valence electrons. The molecule has 0 atom stereocenters. The molecule has 0 radical (unpaired) electrons. The van der Waals surface area contributed by atoms with E-state index < -0.39 is 0 Å². The standard InChI is InChI=1S/C12H17N.CH3.Al/c1-8(2)10-6-5-7-11(9(3)4)12(10)13;;/h5-9H,1-4H3;1H3;. The third-order valence-electron chi connectivity index (χ3n) is 2.60. The van der Waals surface area contributed by atoms with Gasteiger partial charge in [-0.05, 0) is 0 Å². The van der Waals surface area contributed by atoms with E-state index in [1.807, 2.05) is 0 Å². The number of nitrogens with zero attached hydrogens (tertiary/aromatic N) is 1. The zero-order valence-corrected chi connectivity index (χ0v) is 11.6. The fourth-order valence-corrected chi connectivity index (χ4v) is 2.35. The fourth-order valence-electron chi connectivity index (χ4n) is 1.79. The Morgan fingerprint density at radius 3 is 1.80 bits per heavy atom. The van der Waals surface area contributed by atoms with Gasteiger partial charge in [0.05, 0.1) is 0 Å². The van der Waals surface area contributed by atoms with E-state index in [0.29, 0.717) is 11.8 Å². The molecule has 0 fully saturated rings. The zero-order valence-electron chi connectivity index (χ0n) is 10.4. The number of hydrogen-bond acceptors (Lipinski definition) is 1. The van der Waals surface area contributed by atoms with Gasteiger partial charge >= 0.3 is 99.3 Å². The quantitative estimate of drug-likeness (QED) is 0.661. The Bertz CT molecular complexity index is 327. The summed E-state index contributed by atoms with van der Waals surface area (Å²) in [5, 5.41) is 0. The Hall–Kier alpha value is -0.448. The van der Waals surface area contributed by atoms with Crippen LogP contribution in [0.5, 0.6) is 0 Å². The molecule has 0 heterocycles. The van der Waals surface area contributed by atoms with Crippen LogP contribution < -0.4 is 0 Å². The van der Waals surface area contributed by atoms with Gasteiger partial charge in [-0.1, -0.05) is 0 Å². The molecular weight excluding hydrogens is 197 g/mol. The molecule has 0 amide bonds. The normalized spacial score (nSPS) is 11.4. The predicted molar refractivity (Wildman–Crippen MR) is 68.3 cm³/mol. The summed E-state index contributed by atoms with van der Waals surface area (Å²) in [5.74, 6) is 3.31. The van der Waals surface area contributed by atoms with E-state index >= 15 is 0 Å². The average Bonchev–Trinajstić information content (AvgIpc) is 2.17. The summed E-state index contributed by atoms with van der Waals surface area (Å²) < 4.78 is 4.73. The van der Waals surface area contributed by atoms with Gasteiger partial charge < -0.3 is 0 Å². The van der Waals surface area contributed by atoms with Gasteiger partial charge in [0.2, 0.25) is 0 Å². The molecule has 0 aromatic heterocycles. The summed E-state index contributed by atoms with van der Waals surface area (Å²) in [7, 11) is 0. The molecule has 0 saturated carbocycles. The van der Waals surface area contributed by atoms with E-state index in [4.69, 9.17) is 3.93 Å². The Morgan fingerprint density at radius 2 is 1.47 bits per heavy atom. The Kier molecular flexibility index (Phi) is 4.70. The van der Waals surface area contributed by atoms with Crippen LogP contribution in [0.25, 0.3) is 0 Å². The second-order valence-electron chi connectivity index (χ2n) is 4.48. The maximum absolute atomic E-state index is 4.73. The first-order valence-electron chi connectivity index (χ1n) is 5.69. The molecule has 0 spiro atoms. The summed E-state index contributed by atoms with van der Waals surface area (Å²) in [4.78, 5) is 0. The SMILES string of the molecule is [CH3][Al]=[N]c1c(C(C)C)cccc1C(C)C. The average molecular weight is 217 g/mol. The Balaban J connectivity index is 3.34. The van der Waals surface area contributed by atoms with Gasteiger partial charge in [0.15, 0.2) is 0 Å². The van der Waals surface area contributed by atoms with Crippen LogP contribution in [-0.4, -0.2) is 15.0 Å². The van der Waals surface area contributed by atoms with E-state index in [2.05, 4.69) is 51.7 Å². The molecule has 0 unspecified atom stereocenters. The zero-order chi connectivity index (χ0) is 11.4. The van der Waals surface area contributed by atoms with Crippen molar-refractivity contribution < 1.29 is 0 Å². The van der Waals surface area contributed by atoms with Crippen molar-refractivity contribution in [3.05, 3.63) is 29.3 Å². The third kappa shape index (κ3) is 3.00. The Labute approximate surface area is 99.4 Å². The molecule has 0 aliphatic rings. The number of benzene rings is 1. The second kappa shape index (κ2) is 5.59. The molecule has 15 heavy (non-hydrogen) atoms. The van der Waals surface area contributed by atoms with E-state index in [1.165, 1.54) is 16.8 Å². The predicted octanol–water partition coefficient (Wildman–Crippen LogP) is 4.50. The van der Waals surface area contributed by atoms with Gasteiger partial charge in [-0.25, -0.2) is 0 Å². The third-order valence-corrected chi connectivity index (χ3v) is 3.12. The van der Waals surface area contributed by atoms with Crippen LogP contribution in [0.4, 0.5) is 5.69 Å².